The van der Waals surface area contributed by atoms with E-state index < -0.39 is 0 Å². The second-order valence-corrected chi connectivity index (χ2v) is 4.60. The van der Waals surface area contributed by atoms with Crippen LogP contribution in [-0.2, 0) is 22.5 Å². The predicted molar refractivity (Wildman–Crippen MR) is 66.6 cm³/mol. The van der Waals surface area contributed by atoms with Gasteiger partial charge >= 0.3 is 5.97 Å². The van der Waals surface area contributed by atoms with Gasteiger partial charge in [-0.25, -0.2) is 0 Å². The van der Waals surface area contributed by atoms with Gasteiger partial charge in [-0.05, 0) is 36.4 Å². The van der Waals surface area contributed by atoms with Crippen LogP contribution >= 0.6 is 0 Å². The van der Waals surface area contributed by atoms with Gasteiger partial charge in [-0.15, -0.1) is 0 Å². The Balaban J connectivity index is 1.91. The number of hydrogen-bond donors (Lipinski definition) is 1. The number of hydrogen-bond acceptors (Lipinski definition) is 3. The maximum Gasteiger partial charge on any atom is 0.309 e. The maximum absolute atomic E-state index is 11.3. The van der Waals surface area contributed by atoms with E-state index in [-0.39, 0.29) is 5.97 Å². The molecule has 1 aliphatic rings. The summed E-state index contributed by atoms with van der Waals surface area (Å²) in [5.74, 6) is 0.697. The van der Waals surface area contributed by atoms with Gasteiger partial charge in [0.25, 0.3) is 0 Å². The van der Waals surface area contributed by atoms with Gasteiger partial charge in [-0.2, -0.15) is 0 Å². The predicted octanol–water partition coefficient (Wildman–Crippen LogP) is 1.90. The van der Waals surface area contributed by atoms with Gasteiger partial charge < -0.3 is 10.1 Å². The van der Waals surface area contributed by atoms with Crippen molar-refractivity contribution in [2.75, 3.05) is 13.7 Å². The summed E-state index contributed by atoms with van der Waals surface area (Å²) in [5, 5.41) is 3.44. The molecule has 92 valence electrons. The van der Waals surface area contributed by atoms with Crippen LogP contribution in [0.2, 0.25) is 0 Å². The molecule has 1 N–H and O–H groups in total. The van der Waals surface area contributed by atoms with Gasteiger partial charge in [0.2, 0.25) is 0 Å². The van der Waals surface area contributed by atoms with Crippen molar-refractivity contribution in [3.63, 3.8) is 0 Å². The van der Waals surface area contributed by atoms with Crippen LogP contribution in [0.4, 0.5) is 0 Å². The zero-order chi connectivity index (χ0) is 12.1. The highest BCUT2D eigenvalue weighted by Crippen LogP contribution is 2.27. The number of benzene rings is 1. The molecule has 0 atom stereocenters. The molecule has 0 aliphatic heterocycles. The monoisotopic (exact) mass is 233 g/mol. The zero-order valence-corrected chi connectivity index (χ0v) is 10.2. The number of ether oxygens (including phenoxy) is 1. The standard InChI is InChI=1S/C14H19NO2/c1-17-14(16)8-12-4-2-3-5-13(12)10-15-9-11-6-7-11/h2-5,11,15H,6-10H2,1H3. The van der Waals surface area contributed by atoms with Crippen LogP contribution in [-0.4, -0.2) is 19.6 Å². The summed E-state index contributed by atoms with van der Waals surface area (Å²) >= 11 is 0. The van der Waals surface area contributed by atoms with E-state index in [1.54, 1.807) is 0 Å². The molecular weight excluding hydrogens is 214 g/mol. The first-order valence-electron chi connectivity index (χ1n) is 6.14. The zero-order valence-electron chi connectivity index (χ0n) is 10.2. The van der Waals surface area contributed by atoms with E-state index in [0.717, 1.165) is 24.6 Å². The molecule has 0 radical (unpaired) electrons. The summed E-state index contributed by atoms with van der Waals surface area (Å²) in [4.78, 5) is 11.3. The number of nitrogens with one attached hydrogen (secondary N) is 1. The van der Waals surface area contributed by atoms with Crippen LogP contribution < -0.4 is 5.32 Å². The highest BCUT2D eigenvalue weighted by molar-refractivity contribution is 5.72. The third-order valence-corrected chi connectivity index (χ3v) is 3.13. The lowest BCUT2D eigenvalue weighted by atomic mass is 10.0. The van der Waals surface area contributed by atoms with Gasteiger partial charge in [-0.3, -0.25) is 4.79 Å². The minimum absolute atomic E-state index is 0.181. The fraction of sp³-hybridized carbons (Fsp3) is 0.500. The van der Waals surface area contributed by atoms with E-state index in [4.69, 9.17) is 4.74 Å². The van der Waals surface area contributed by atoms with E-state index in [9.17, 15) is 4.79 Å². The molecule has 0 amide bonds. The minimum Gasteiger partial charge on any atom is -0.469 e. The lowest BCUT2D eigenvalue weighted by Gasteiger charge is -2.09. The van der Waals surface area contributed by atoms with E-state index in [2.05, 4.69) is 11.4 Å². The van der Waals surface area contributed by atoms with Gasteiger partial charge in [0.05, 0.1) is 13.5 Å². The summed E-state index contributed by atoms with van der Waals surface area (Å²) in [6, 6.07) is 8.03. The topological polar surface area (TPSA) is 38.3 Å². The van der Waals surface area contributed by atoms with Crippen molar-refractivity contribution >= 4 is 5.97 Å². The molecule has 17 heavy (non-hydrogen) atoms. The molecule has 0 unspecified atom stereocenters. The molecule has 3 heteroatoms. The Morgan fingerprint density at radius 3 is 2.71 bits per heavy atom. The number of esters is 1. The number of carbonyl (C=O) groups is 1. The number of rotatable bonds is 6. The molecule has 0 spiro atoms. The van der Waals surface area contributed by atoms with Crippen LogP contribution in [0, 0.1) is 5.92 Å². The summed E-state index contributed by atoms with van der Waals surface area (Å²) in [6.45, 7) is 1.93. The first-order valence-corrected chi connectivity index (χ1v) is 6.14. The minimum atomic E-state index is -0.181. The van der Waals surface area contributed by atoms with Gasteiger partial charge in [0, 0.05) is 6.54 Å². The molecule has 1 aliphatic carbocycles. The highest BCUT2D eigenvalue weighted by Gasteiger charge is 2.20. The van der Waals surface area contributed by atoms with E-state index in [0.29, 0.717) is 6.42 Å². The molecule has 2 rings (SSSR count). The summed E-state index contributed by atoms with van der Waals surface area (Å²) in [7, 11) is 1.43. The van der Waals surface area contributed by atoms with Crippen molar-refractivity contribution in [1.29, 1.82) is 0 Å². The Hall–Kier alpha value is -1.35. The largest absolute Gasteiger partial charge is 0.469 e. The molecule has 1 aromatic carbocycles. The molecule has 1 fully saturated rings. The third kappa shape index (κ3) is 3.86. The summed E-state index contributed by atoms with van der Waals surface area (Å²) in [6.07, 6.45) is 3.07. The Kier molecular flexibility index (Phi) is 4.15. The first kappa shape index (κ1) is 12.1. The summed E-state index contributed by atoms with van der Waals surface area (Å²) in [5.41, 5.74) is 2.25. The van der Waals surface area contributed by atoms with E-state index in [1.807, 2.05) is 18.2 Å². The fourth-order valence-corrected chi connectivity index (χ4v) is 1.86. The van der Waals surface area contributed by atoms with Crippen LogP contribution in [0.5, 0.6) is 0 Å². The molecule has 0 bridgehead atoms. The van der Waals surface area contributed by atoms with Crippen molar-refractivity contribution < 1.29 is 9.53 Å². The highest BCUT2D eigenvalue weighted by atomic mass is 16.5. The van der Waals surface area contributed by atoms with Crippen molar-refractivity contribution in [2.24, 2.45) is 5.92 Å². The Labute approximate surface area is 102 Å². The van der Waals surface area contributed by atoms with Crippen molar-refractivity contribution in [3.05, 3.63) is 35.4 Å². The van der Waals surface area contributed by atoms with Crippen molar-refractivity contribution in [3.8, 4) is 0 Å². The SMILES string of the molecule is COC(=O)Cc1ccccc1CNCC1CC1. The number of carbonyl (C=O) groups excluding carboxylic acids is 1. The second kappa shape index (κ2) is 5.82. The van der Waals surface area contributed by atoms with Gasteiger partial charge in [-0.1, -0.05) is 24.3 Å². The third-order valence-electron chi connectivity index (χ3n) is 3.13. The molecule has 3 nitrogen and oxygen atoms in total. The van der Waals surface area contributed by atoms with Crippen LogP contribution in [0.15, 0.2) is 24.3 Å². The lowest BCUT2D eigenvalue weighted by molar-refractivity contribution is -0.139. The quantitative estimate of drug-likeness (QED) is 0.763. The van der Waals surface area contributed by atoms with Gasteiger partial charge in [0.15, 0.2) is 0 Å². The van der Waals surface area contributed by atoms with E-state index >= 15 is 0 Å². The average molecular weight is 233 g/mol. The van der Waals surface area contributed by atoms with Crippen LogP contribution in [0.3, 0.4) is 0 Å². The van der Waals surface area contributed by atoms with Crippen LogP contribution in [0.25, 0.3) is 0 Å². The van der Waals surface area contributed by atoms with Crippen molar-refractivity contribution in [2.45, 2.75) is 25.8 Å². The Morgan fingerprint density at radius 2 is 2.06 bits per heavy atom. The Morgan fingerprint density at radius 1 is 1.35 bits per heavy atom. The molecule has 0 aromatic heterocycles. The van der Waals surface area contributed by atoms with Gasteiger partial charge in [0.1, 0.15) is 0 Å². The molecular formula is C14H19NO2. The Bertz CT molecular complexity index is 386. The second-order valence-electron chi connectivity index (χ2n) is 4.60. The van der Waals surface area contributed by atoms with Crippen LogP contribution in [0.1, 0.15) is 24.0 Å². The average Bonchev–Trinajstić information content (AvgIpc) is 3.15. The molecule has 0 saturated heterocycles. The molecule has 1 aromatic rings. The molecule has 1 saturated carbocycles. The maximum atomic E-state index is 11.3. The van der Waals surface area contributed by atoms with Crippen molar-refractivity contribution in [1.82, 2.24) is 5.32 Å². The normalized spacial score (nSPS) is 14.6. The number of methoxy groups -OCH3 is 1. The smallest absolute Gasteiger partial charge is 0.309 e. The molecule has 0 heterocycles. The fourth-order valence-electron chi connectivity index (χ4n) is 1.86. The lowest BCUT2D eigenvalue weighted by Crippen LogP contribution is -2.18. The summed E-state index contributed by atoms with van der Waals surface area (Å²) < 4.78 is 4.70. The van der Waals surface area contributed by atoms with E-state index in [1.165, 1.54) is 25.5 Å². The first-order chi connectivity index (χ1) is 8.29.